The highest BCUT2D eigenvalue weighted by Crippen LogP contribution is 2.19. The van der Waals surface area contributed by atoms with Crippen LogP contribution in [-0.4, -0.2) is 38.1 Å². The van der Waals surface area contributed by atoms with Gasteiger partial charge in [0.05, 0.1) is 6.33 Å². The molecule has 0 unspecified atom stereocenters. The van der Waals surface area contributed by atoms with Crippen LogP contribution in [0.3, 0.4) is 0 Å². The highest BCUT2D eigenvalue weighted by molar-refractivity contribution is 6.39. The zero-order chi connectivity index (χ0) is 18.4. The van der Waals surface area contributed by atoms with E-state index in [0.717, 1.165) is 12.1 Å². The first-order chi connectivity index (χ1) is 12.6. The molecule has 134 valence electrons. The summed E-state index contributed by atoms with van der Waals surface area (Å²) in [6, 6.07) is 6.79. The maximum absolute atomic E-state index is 11.9. The molecule has 9 nitrogen and oxygen atoms in total. The molecule has 0 radical (unpaired) electrons. The van der Waals surface area contributed by atoms with Crippen molar-refractivity contribution in [1.29, 1.82) is 0 Å². The summed E-state index contributed by atoms with van der Waals surface area (Å²) in [5, 5.41) is 12.8. The molecule has 9 heteroatoms. The maximum atomic E-state index is 11.9. The quantitative estimate of drug-likeness (QED) is 0.510. The smallest absolute Gasteiger partial charge is 0.313 e. The number of nitrogens with one attached hydrogen (secondary N) is 2. The minimum absolute atomic E-state index is 0.399. The third-order valence-corrected chi connectivity index (χ3v) is 3.56. The van der Waals surface area contributed by atoms with Gasteiger partial charge in [-0.15, -0.1) is 10.2 Å². The monoisotopic (exact) mass is 354 g/mol. The van der Waals surface area contributed by atoms with E-state index in [0.29, 0.717) is 30.4 Å². The van der Waals surface area contributed by atoms with Crippen LogP contribution in [0, 0.1) is 6.92 Å². The maximum Gasteiger partial charge on any atom is 0.313 e. The summed E-state index contributed by atoms with van der Waals surface area (Å²) in [7, 11) is 0. The SMILES string of the molecule is Cc1nnc(-c2ccc(NC(=O)C(=O)NCCCn3ccnc3)cc2)o1. The number of anilines is 1. The van der Waals surface area contributed by atoms with Crippen LogP contribution in [0.1, 0.15) is 12.3 Å². The lowest BCUT2D eigenvalue weighted by Gasteiger charge is -2.07. The largest absolute Gasteiger partial charge is 0.421 e. The molecule has 0 atom stereocenters. The van der Waals surface area contributed by atoms with Gasteiger partial charge in [-0.2, -0.15) is 0 Å². The fourth-order valence-electron chi connectivity index (χ4n) is 2.26. The number of nitrogens with zero attached hydrogens (tertiary/aromatic N) is 4. The van der Waals surface area contributed by atoms with Crippen molar-refractivity contribution >= 4 is 17.5 Å². The lowest BCUT2D eigenvalue weighted by molar-refractivity contribution is -0.136. The van der Waals surface area contributed by atoms with Crippen molar-refractivity contribution in [3.8, 4) is 11.5 Å². The molecular weight excluding hydrogens is 336 g/mol. The van der Waals surface area contributed by atoms with Crippen molar-refractivity contribution in [1.82, 2.24) is 25.1 Å². The third kappa shape index (κ3) is 4.53. The van der Waals surface area contributed by atoms with Crippen LogP contribution < -0.4 is 10.6 Å². The van der Waals surface area contributed by atoms with Crippen molar-refractivity contribution in [2.24, 2.45) is 0 Å². The second kappa shape index (κ2) is 8.06. The standard InChI is InChI=1S/C17H18N6O3/c1-12-21-22-17(26-12)13-3-5-14(6-4-13)20-16(25)15(24)19-7-2-9-23-10-8-18-11-23/h3-6,8,10-11H,2,7,9H2,1H3,(H,19,24)(H,20,25). The molecule has 0 bridgehead atoms. The topological polar surface area (TPSA) is 115 Å². The summed E-state index contributed by atoms with van der Waals surface area (Å²) in [6.07, 6.45) is 5.94. The van der Waals surface area contributed by atoms with E-state index in [4.69, 9.17) is 4.42 Å². The summed E-state index contributed by atoms with van der Waals surface area (Å²) in [5.41, 5.74) is 1.23. The van der Waals surface area contributed by atoms with Gasteiger partial charge in [-0.1, -0.05) is 0 Å². The van der Waals surface area contributed by atoms with E-state index in [1.165, 1.54) is 0 Å². The molecule has 1 aromatic carbocycles. The van der Waals surface area contributed by atoms with E-state index in [1.807, 2.05) is 10.8 Å². The Morgan fingerprint density at radius 2 is 1.96 bits per heavy atom. The van der Waals surface area contributed by atoms with Crippen LogP contribution in [0.15, 0.2) is 47.4 Å². The van der Waals surface area contributed by atoms with Crippen molar-refractivity contribution in [2.75, 3.05) is 11.9 Å². The lowest BCUT2D eigenvalue weighted by atomic mass is 10.2. The van der Waals surface area contributed by atoms with Crippen LogP contribution in [-0.2, 0) is 16.1 Å². The Balaban J connectivity index is 1.45. The van der Waals surface area contributed by atoms with Crippen LogP contribution in [0.2, 0.25) is 0 Å². The number of aryl methyl sites for hydroxylation is 2. The minimum atomic E-state index is -0.714. The van der Waals surface area contributed by atoms with Gasteiger partial charge in [-0.25, -0.2) is 4.98 Å². The fourth-order valence-corrected chi connectivity index (χ4v) is 2.26. The van der Waals surface area contributed by atoms with Gasteiger partial charge in [0, 0.05) is 43.7 Å². The Bertz CT molecular complexity index is 870. The molecule has 0 aliphatic rings. The predicted molar refractivity (Wildman–Crippen MR) is 93.0 cm³/mol. The third-order valence-electron chi connectivity index (χ3n) is 3.56. The summed E-state index contributed by atoms with van der Waals surface area (Å²) < 4.78 is 7.23. The molecule has 2 amide bonds. The van der Waals surface area contributed by atoms with E-state index in [-0.39, 0.29) is 0 Å². The highest BCUT2D eigenvalue weighted by Gasteiger charge is 2.13. The van der Waals surface area contributed by atoms with Gasteiger partial charge < -0.3 is 19.6 Å². The van der Waals surface area contributed by atoms with Crippen molar-refractivity contribution in [2.45, 2.75) is 19.9 Å². The van der Waals surface area contributed by atoms with Crippen molar-refractivity contribution < 1.29 is 14.0 Å². The molecule has 2 heterocycles. The second-order valence-electron chi connectivity index (χ2n) is 5.57. The molecule has 3 aromatic rings. The molecule has 0 aliphatic heterocycles. The summed E-state index contributed by atoms with van der Waals surface area (Å²) in [6.45, 7) is 2.83. The van der Waals surface area contributed by atoms with E-state index in [2.05, 4.69) is 25.8 Å². The van der Waals surface area contributed by atoms with Gasteiger partial charge in [0.2, 0.25) is 11.8 Å². The van der Waals surface area contributed by atoms with Crippen LogP contribution in [0.25, 0.3) is 11.5 Å². The summed E-state index contributed by atoms with van der Waals surface area (Å²) >= 11 is 0. The van der Waals surface area contributed by atoms with Crippen molar-refractivity contribution in [3.63, 3.8) is 0 Å². The van der Waals surface area contributed by atoms with Crippen LogP contribution in [0.4, 0.5) is 5.69 Å². The molecule has 0 saturated heterocycles. The minimum Gasteiger partial charge on any atom is -0.421 e. The first-order valence-corrected chi connectivity index (χ1v) is 8.07. The number of carbonyl (C=O) groups is 2. The summed E-state index contributed by atoms with van der Waals surface area (Å²) in [5.74, 6) is -0.514. The molecular formula is C17H18N6O3. The fraction of sp³-hybridized carbons (Fsp3) is 0.235. The number of amides is 2. The first-order valence-electron chi connectivity index (χ1n) is 8.07. The van der Waals surface area contributed by atoms with Gasteiger partial charge in [-0.3, -0.25) is 9.59 Å². The number of hydrogen-bond acceptors (Lipinski definition) is 6. The number of hydrogen-bond donors (Lipinski definition) is 2. The molecule has 2 aromatic heterocycles. The number of rotatable bonds is 6. The predicted octanol–water partition coefficient (Wildman–Crippen LogP) is 1.39. The van der Waals surface area contributed by atoms with E-state index in [9.17, 15) is 9.59 Å². The van der Waals surface area contributed by atoms with E-state index in [1.54, 1.807) is 43.7 Å². The van der Waals surface area contributed by atoms with E-state index < -0.39 is 11.8 Å². The molecule has 0 fully saturated rings. The first kappa shape index (κ1) is 17.3. The van der Waals surface area contributed by atoms with Gasteiger partial charge in [-0.05, 0) is 30.7 Å². The Kier molecular flexibility index (Phi) is 5.37. The molecule has 0 aliphatic carbocycles. The van der Waals surface area contributed by atoms with Crippen LogP contribution >= 0.6 is 0 Å². The number of carbonyl (C=O) groups excluding carboxylic acids is 2. The molecule has 3 rings (SSSR count). The van der Waals surface area contributed by atoms with Crippen molar-refractivity contribution in [3.05, 3.63) is 48.9 Å². The van der Waals surface area contributed by atoms with Crippen LogP contribution in [0.5, 0.6) is 0 Å². The zero-order valence-electron chi connectivity index (χ0n) is 14.2. The van der Waals surface area contributed by atoms with Gasteiger partial charge in [0.1, 0.15) is 0 Å². The Morgan fingerprint density at radius 3 is 2.62 bits per heavy atom. The van der Waals surface area contributed by atoms with Gasteiger partial charge in [0.25, 0.3) is 0 Å². The number of aromatic nitrogens is 4. The number of benzene rings is 1. The highest BCUT2D eigenvalue weighted by atomic mass is 16.4. The molecule has 2 N–H and O–H groups in total. The lowest BCUT2D eigenvalue weighted by Crippen LogP contribution is -2.36. The molecule has 26 heavy (non-hydrogen) atoms. The molecule has 0 saturated carbocycles. The molecule has 0 spiro atoms. The zero-order valence-corrected chi connectivity index (χ0v) is 14.2. The van der Waals surface area contributed by atoms with E-state index >= 15 is 0 Å². The Morgan fingerprint density at radius 1 is 1.15 bits per heavy atom. The summed E-state index contributed by atoms with van der Waals surface area (Å²) in [4.78, 5) is 27.7. The average Bonchev–Trinajstić information content (AvgIpc) is 3.31. The normalized spacial score (nSPS) is 10.5. The average molecular weight is 354 g/mol. The Hall–Kier alpha value is -3.49. The van der Waals surface area contributed by atoms with Gasteiger partial charge >= 0.3 is 11.8 Å². The number of imidazole rings is 1. The second-order valence-corrected chi connectivity index (χ2v) is 5.57. The van der Waals surface area contributed by atoms with Gasteiger partial charge in [0.15, 0.2) is 0 Å². The Labute approximate surface area is 149 Å².